The summed E-state index contributed by atoms with van der Waals surface area (Å²) in [7, 11) is -3.61. The summed E-state index contributed by atoms with van der Waals surface area (Å²) in [5, 5.41) is 0.319. The van der Waals surface area contributed by atoms with Crippen molar-refractivity contribution in [1.82, 2.24) is 9.71 Å². The van der Waals surface area contributed by atoms with E-state index in [0.717, 1.165) is 16.6 Å². The standard InChI is InChI=1S/C22H20N2O3S2/c1-16-11-13-18(14-12-16)29(25,26)23-15-21(17-7-3-2-4-8-17)28-22-24-19-9-5-6-10-20(19)27-22/h2-14,21,23H,15H2,1H3. The number of fused-ring (bicyclic) bond motifs is 1. The molecule has 7 heteroatoms. The Bertz CT molecular complexity index is 1170. The number of nitrogens with one attached hydrogen (secondary N) is 1. The summed E-state index contributed by atoms with van der Waals surface area (Å²) >= 11 is 1.40. The Balaban J connectivity index is 1.57. The van der Waals surface area contributed by atoms with Crippen LogP contribution in [0.2, 0.25) is 0 Å². The van der Waals surface area contributed by atoms with Gasteiger partial charge in [-0.2, -0.15) is 0 Å². The molecule has 1 aromatic heterocycles. The van der Waals surface area contributed by atoms with Crippen molar-refractivity contribution < 1.29 is 12.8 Å². The van der Waals surface area contributed by atoms with E-state index in [1.807, 2.05) is 61.5 Å². The molecule has 0 aliphatic carbocycles. The van der Waals surface area contributed by atoms with Crippen molar-refractivity contribution in [2.45, 2.75) is 22.3 Å². The average Bonchev–Trinajstić information content (AvgIpc) is 3.14. The van der Waals surface area contributed by atoms with Gasteiger partial charge in [-0.05, 0) is 36.8 Å². The second kappa shape index (κ2) is 8.41. The van der Waals surface area contributed by atoms with Gasteiger partial charge in [0.15, 0.2) is 5.58 Å². The van der Waals surface area contributed by atoms with Crippen LogP contribution in [0.25, 0.3) is 11.1 Å². The predicted molar refractivity (Wildman–Crippen MR) is 115 cm³/mol. The minimum atomic E-state index is -3.61. The number of hydrogen-bond donors (Lipinski definition) is 1. The van der Waals surface area contributed by atoms with Crippen molar-refractivity contribution in [2.24, 2.45) is 0 Å². The largest absolute Gasteiger partial charge is 0.431 e. The third-order valence-electron chi connectivity index (χ3n) is 4.48. The molecule has 0 bridgehead atoms. The molecule has 0 aliphatic rings. The molecule has 5 nitrogen and oxygen atoms in total. The first kappa shape index (κ1) is 19.7. The van der Waals surface area contributed by atoms with Gasteiger partial charge in [0.25, 0.3) is 5.22 Å². The molecule has 0 aliphatic heterocycles. The first-order chi connectivity index (χ1) is 14.0. The molecule has 0 saturated carbocycles. The van der Waals surface area contributed by atoms with Gasteiger partial charge in [-0.25, -0.2) is 18.1 Å². The zero-order chi connectivity index (χ0) is 20.3. The molecule has 1 atom stereocenters. The van der Waals surface area contributed by atoms with Crippen LogP contribution in [0.1, 0.15) is 16.4 Å². The van der Waals surface area contributed by atoms with Gasteiger partial charge in [-0.15, -0.1) is 0 Å². The van der Waals surface area contributed by atoms with Crippen molar-refractivity contribution in [3.63, 3.8) is 0 Å². The monoisotopic (exact) mass is 424 g/mol. The molecule has 1 N–H and O–H groups in total. The Kier molecular flexibility index (Phi) is 5.71. The highest BCUT2D eigenvalue weighted by molar-refractivity contribution is 7.99. The number of aryl methyl sites for hydroxylation is 1. The molecule has 1 heterocycles. The lowest BCUT2D eigenvalue weighted by Gasteiger charge is -2.16. The van der Waals surface area contributed by atoms with Gasteiger partial charge in [0.1, 0.15) is 5.52 Å². The van der Waals surface area contributed by atoms with E-state index in [1.54, 1.807) is 24.3 Å². The number of oxazole rings is 1. The fraction of sp³-hybridized carbons (Fsp3) is 0.136. The van der Waals surface area contributed by atoms with Crippen molar-refractivity contribution >= 4 is 32.9 Å². The number of thioether (sulfide) groups is 1. The number of nitrogens with zero attached hydrogens (tertiary/aromatic N) is 1. The Morgan fingerprint density at radius 3 is 2.38 bits per heavy atom. The minimum absolute atomic E-state index is 0.190. The van der Waals surface area contributed by atoms with E-state index >= 15 is 0 Å². The highest BCUT2D eigenvalue weighted by atomic mass is 32.2. The quantitative estimate of drug-likeness (QED) is 0.425. The Labute approximate surface area is 174 Å². The number of hydrogen-bond acceptors (Lipinski definition) is 5. The van der Waals surface area contributed by atoms with Crippen LogP contribution in [0.15, 0.2) is 93.4 Å². The molecule has 0 radical (unpaired) electrons. The van der Waals surface area contributed by atoms with E-state index in [0.29, 0.717) is 10.8 Å². The predicted octanol–water partition coefficient (Wildman–Crippen LogP) is 4.95. The summed E-state index contributed by atoms with van der Waals surface area (Å²) in [6.45, 7) is 2.13. The van der Waals surface area contributed by atoms with E-state index in [2.05, 4.69) is 9.71 Å². The third-order valence-corrected chi connectivity index (χ3v) is 7.02. The van der Waals surface area contributed by atoms with Gasteiger partial charge in [0.2, 0.25) is 10.0 Å². The lowest BCUT2D eigenvalue weighted by atomic mass is 10.1. The molecule has 148 valence electrons. The summed E-state index contributed by atoms with van der Waals surface area (Å²) < 4.78 is 34.0. The molecule has 3 aromatic carbocycles. The normalized spacial score (nSPS) is 12.9. The lowest BCUT2D eigenvalue weighted by molar-refractivity contribution is 0.488. The molecular weight excluding hydrogens is 404 g/mol. The third kappa shape index (κ3) is 4.70. The summed E-state index contributed by atoms with van der Waals surface area (Å²) in [6, 6.07) is 24.1. The van der Waals surface area contributed by atoms with Crippen molar-refractivity contribution in [2.75, 3.05) is 6.54 Å². The second-order valence-corrected chi connectivity index (χ2v) is 9.55. The van der Waals surface area contributed by atoms with Crippen LogP contribution in [0.3, 0.4) is 0 Å². The van der Waals surface area contributed by atoms with E-state index < -0.39 is 10.0 Å². The molecule has 4 aromatic rings. The number of sulfonamides is 1. The van der Waals surface area contributed by atoms with Crippen LogP contribution >= 0.6 is 11.8 Å². The zero-order valence-corrected chi connectivity index (χ0v) is 17.4. The molecule has 0 saturated heterocycles. The van der Waals surface area contributed by atoms with Gasteiger partial charge in [-0.1, -0.05) is 71.9 Å². The molecule has 0 spiro atoms. The first-order valence-corrected chi connectivity index (χ1v) is 11.5. The van der Waals surface area contributed by atoms with Crippen LogP contribution < -0.4 is 4.72 Å². The molecule has 0 fully saturated rings. The Hall–Kier alpha value is -2.61. The Morgan fingerprint density at radius 2 is 1.66 bits per heavy atom. The fourth-order valence-electron chi connectivity index (χ4n) is 2.90. The molecular formula is C22H20N2O3S2. The zero-order valence-electron chi connectivity index (χ0n) is 15.8. The van der Waals surface area contributed by atoms with E-state index in [4.69, 9.17) is 4.42 Å². The van der Waals surface area contributed by atoms with Crippen LogP contribution in [0, 0.1) is 6.92 Å². The lowest BCUT2D eigenvalue weighted by Crippen LogP contribution is -2.27. The highest BCUT2D eigenvalue weighted by Gasteiger charge is 2.21. The van der Waals surface area contributed by atoms with Crippen molar-refractivity contribution in [1.29, 1.82) is 0 Å². The Morgan fingerprint density at radius 1 is 0.966 bits per heavy atom. The smallest absolute Gasteiger partial charge is 0.257 e. The van der Waals surface area contributed by atoms with Crippen molar-refractivity contribution in [3.05, 3.63) is 90.0 Å². The maximum atomic E-state index is 12.7. The summed E-state index contributed by atoms with van der Waals surface area (Å²) in [4.78, 5) is 4.76. The van der Waals surface area contributed by atoms with Crippen LogP contribution in [0.5, 0.6) is 0 Å². The van der Waals surface area contributed by atoms with Crippen molar-refractivity contribution in [3.8, 4) is 0 Å². The minimum Gasteiger partial charge on any atom is -0.431 e. The van der Waals surface area contributed by atoms with Crippen LogP contribution in [-0.2, 0) is 10.0 Å². The molecule has 29 heavy (non-hydrogen) atoms. The number of benzene rings is 3. The summed E-state index contributed by atoms with van der Waals surface area (Å²) in [5.74, 6) is 0. The first-order valence-electron chi connectivity index (χ1n) is 9.15. The molecule has 4 rings (SSSR count). The average molecular weight is 425 g/mol. The topological polar surface area (TPSA) is 72.2 Å². The molecule has 1 unspecified atom stereocenters. The van der Waals surface area contributed by atoms with E-state index in [1.165, 1.54) is 11.8 Å². The number of rotatable bonds is 7. The molecule has 0 amide bonds. The summed E-state index contributed by atoms with van der Waals surface area (Å²) in [6.07, 6.45) is 0. The van der Waals surface area contributed by atoms with Crippen LogP contribution in [0.4, 0.5) is 0 Å². The van der Waals surface area contributed by atoms with Gasteiger partial charge in [0.05, 0.1) is 10.1 Å². The fourth-order valence-corrected chi connectivity index (χ4v) is 5.05. The van der Waals surface area contributed by atoms with Gasteiger partial charge < -0.3 is 4.42 Å². The van der Waals surface area contributed by atoms with Gasteiger partial charge >= 0.3 is 0 Å². The van der Waals surface area contributed by atoms with E-state index in [-0.39, 0.29) is 16.7 Å². The maximum Gasteiger partial charge on any atom is 0.257 e. The SMILES string of the molecule is Cc1ccc(S(=O)(=O)NCC(Sc2nc3ccccc3o2)c2ccccc2)cc1. The maximum absolute atomic E-state index is 12.7. The van der Waals surface area contributed by atoms with Gasteiger partial charge in [-0.3, -0.25) is 0 Å². The highest BCUT2D eigenvalue weighted by Crippen LogP contribution is 2.36. The van der Waals surface area contributed by atoms with Crippen LogP contribution in [-0.4, -0.2) is 19.9 Å². The number of para-hydroxylation sites is 2. The summed E-state index contributed by atoms with van der Waals surface area (Å²) in [5.41, 5.74) is 3.49. The van der Waals surface area contributed by atoms with Gasteiger partial charge in [0, 0.05) is 6.54 Å². The second-order valence-electron chi connectivity index (χ2n) is 6.63. The number of aromatic nitrogens is 1. The van der Waals surface area contributed by atoms with E-state index in [9.17, 15) is 8.42 Å².